The summed E-state index contributed by atoms with van der Waals surface area (Å²) in [5.41, 5.74) is 0.501. The fraction of sp³-hybridized carbons (Fsp3) is 0.500. The van der Waals surface area contributed by atoms with Crippen molar-refractivity contribution < 1.29 is 23.6 Å². The number of hydrogen-bond acceptors (Lipinski definition) is 6. The van der Waals surface area contributed by atoms with Crippen molar-refractivity contribution in [2.75, 3.05) is 26.2 Å². The highest BCUT2D eigenvalue weighted by molar-refractivity contribution is 6.31. The summed E-state index contributed by atoms with van der Waals surface area (Å²) in [6.07, 6.45) is 1.86. The monoisotopic (exact) mass is 490 g/mol. The number of rotatable bonds is 3. The van der Waals surface area contributed by atoms with Gasteiger partial charge in [0.1, 0.15) is 18.1 Å². The standard InChI is InChI=1S/C24H31ClN4O5/c1-15(2)10-18-14-33-21-7-6-17(25)12-19(21)23(31)26-8-4-5-9-29(13-22(30)27-18)24(32)20-11-16(3)34-28-20/h6-7,11-12,15,18H,4-5,8-10,13-14H2,1-3H3,(H,26,31)(H,27,30)/t18-/m0/s1. The summed E-state index contributed by atoms with van der Waals surface area (Å²) < 4.78 is 11.0. The van der Waals surface area contributed by atoms with E-state index in [4.69, 9.17) is 20.9 Å². The Morgan fingerprint density at radius 1 is 1.26 bits per heavy atom. The lowest BCUT2D eigenvalue weighted by atomic mass is 10.0. The lowest BCUT2D eigenvalue weighted by Crippen LogP contribution is -2.46. The van der Waals surface area contributed by atoms with E-state index in [1.807, 2.05) is 13.8 Å². The number of aromatic nitrogens is 1. The number of nitrogens with zero attached hydrogens (tertiary/aromatic N) is 2. The van der Waals surface area contributed by atoms with Gasteiger partial charge in [-0.25, -0.2) is 0 Å². The highest BCUT2D eigenvalue weighted by Crippen LogP contribution is 2.24. The largest absolute Gasteiger partial charge is 0.491 e. The molecule has 9 nitrogen and oxygen atoms in total. The molecule has 1 aromatic carbocycles. The van der Waals surface area contributed by atoms with Gasteiger partial charge in [0.25, 0.3) is 11.8 Å². The van der Waals surface area contributed by atoms with Crippen LogP contribution in [0.25, 0.3) is 0 Å². The van der Waals surface area contributed by atoms with Crippen LogP contribution >= 0.6 is 11.6 Å². The van der Waals surface area contributed by atoms with Gasteiger partial charge in [0.05, 0.1) is 18.2 Å². The molecule has 1 aliphatic heterocycles. The van der Waals surface area contributed by atoms with Gasteiger partial charge in [0, 0.05) is 24.2 Å². The normalized spacial score (nSPS) is 18.3. The minimum Gasteiger partial charge on any atom is -0.491 e. The lowest BCUT2D eigenvalue weighted by molar-refractivity contribution is -0.122. The van der Waals surface area contributed by atoms with E-state index >= 15 is 0 Å². The molecule has 0 fully saturated rings. The van der Waals surface area contributed by atoms with Gasteiger partial charge in [-0.15, -0.1) is 0 Å². The lowest BCUT2D eigenvalue weighted by Gasteiger charge is -2.25. The first-order chi connectivity index (χ1) is 16.2. The second-order valence-electron chi connectivity index (χ2n) is 8.86. The van der Waals surface area contributed by atoms with Crippen molar-refractivity contribution in [3.8, 4) is 5.75 Å². The first-order valence-corrected chi connectivity index (χ1v) is 11.8. The summed E-state index contributed by atoms with van der Waals surface area (Å²) in [5, 5.41) is 10.1. The number of nitrogens with one attached hydrogen (secondary N) is 2. The van der Waals surface area contributed by atoms with E-state index in [-0.39, 0.29) is 42.6 Å². The van der Waals surface area contributed by atoms with Crippen molar-refractivity contribution in [3.05, 3.63) is 46.3 Å². The van der Waals surface area contributed by atoms with E-state index in [1.54, 1.807) is 31.2 Å². The van der Waals surface area contributed by atoms with Crippen LogP contribution in [0, 0.1) is 12.8 Å². The molecular weight excluding hydrogens is 460 g/mol. The van der Waals surface area contributed by atoms with E-state index in [9.17, 15) is 14.4 Å². The average molecular weight is 491 g/mol. The van der Waals surface area contributed by atoms with E-state index in [0.29, 0.717) is 60.4 Å². The van der Waals surface area contributed by atoms with Gasteiger partial charge in [-0.1, -0.05) is 30.6 Å². The molecule has 0 saturated heterocycles. The number of amides is 3. The molecule has 2 heterocycles. The molecule has 1 aromatic heterocycles. The maximum Gasteiger partial charge on any atom is 0.276 e. The van der Waals surface area contributed by atoms with Crippen LogP contribution in [0.5, 0.6) is 5.75 Å². The number of carbonyl (C=O) groups is 3. The molecule has 2 N–H and O–H groups in total. The van der Waals surface area contributed by atoms with Crippen molar-refractivity contribution in [2.45, 2.75) is 46.1 Å². The minimum absolute atomic E-state index is 0.113. The molecule has 34 heavy (non-hydrogen) atoms. The minimum atomic E-state index is -0.376. The van der Waals surface area contributed by atoms with Gasteiger partial charge < -0.3 is 24.8 Å². The summed E-state index contributed by atoms with van der Waals surface area (Å²) in [5.74, 6) is 0.255. The zero-order chi connectivity index (χ0) is 24.7. The molecule has 0 bridgehead atoms. The average Bonchev–Trinajstić information content (AvgIpc) is 3.21. The second kappa shape index (κ2) is 11.9. The van der Waals surface area contributed by atoms with Crippen molar-refractivity contribution in [3.63, 3.8) is 0 Å². The quantitative estimate of drug-likeness (QED) is 0.683. The second-order valence-corrected chi connectivity index (χ2v) is 9.29. The van der Waals surface area contributed by atoms with E-state index in [2.05, 4.69) is 15.8 Å². The summed E-state index contributed by atoms with van der Waals surface area (Å²) in [4.78, 5) is 40.1. The number of carbonyl (C=O) groups excluding carboxylic acids is 3. The number of benzene rings is 1. The Morgan fingerprint density at radius 3 is 2.76 bits per heavy atom. The summed E-state index contributed by atoms with van der Waals surface area (Å²) in [6, 6.07) is 6.13. The fourth-order valence-electron chi connectivity index (χ4n) is 3.79. The highest BCUT2D eigenvalue weighted by Gasteiger charge is 2.24. The molecule has 184 valence electrons. The fourth-order valence-corrected chi connectivity index (χ4v) is 3.96. The zero-order valence-corrected chi connectivity index (χ0v) is 20.5. The highest BCUT2D eigenvalue weighted by atomic mass is 35.5. The van der Waals surface area contributed by atoms with Gasteiger partial charge in [0.15, 0.2) is 5.69 Å². The number of aryl methyl sites for hydroxylation is 1. The Hall–Kier alpha value is -3.07. The van der Waals surface area contributed by atoms with Crippen LogP contribution < -0.4 is 15.4 Å². The number of fused-ring (bicyclic) bond motifs is 1. The Balaban J connectivity index is 1.82. The predicted molar refractivity (Wildman–Crippen MR) is 127 cm³/mol. The third-order valence-corrected chi connectivity index (χ3v) is 5.59. The van der Waals surface area contributed by atoms with Crippen molar-refractivity contribution >= 4 is 29.3 Å². The molecule has 0 spiro atoms. The van der Waals surface area contributed by atoms with Crippen molar-refractivity contribution in [2.24, 2.45) is 5.92 Å². The molecule has 0 unspecified atom stereocenters. The third kappa shape index (κ3) is 7.21. The van der Waals surface area contributed by atoms with Crippen molar-refractivity contribution in [1.29, 1.82) is 0 Å². The van der Waals surface area contributed by atoms with Gasteiger partial charge >= 0.3 is 0 Å². The molecule has 0 radical (unpaired) electrons. The van der Waals surface area contributed by atoms with Crippen LogP contribution in [-0.2, 0) is 4.79 Å². The molecule has 10 heteroatoms. The topological polar surface area (TPSA) is 114 Å². The molecule has 0 saturated carbocycles. The van der Waals surface area contributed by atoms with Crippen LogP contribution in [0.1, 0.15) is 59.7 Å². The van der Waals surface area contributed by atoms with Gasteiger partial charge in [-0.3, -0.25) is 14.4 Å². The van der Waals surface area contributed by atoms with Crippen LogP contribution in [0.2, 0.25) is 5.02 Å². The first-order valence-electron chi connectivity index (χ1n) is 11.5. The Kier molecular flexibility index (Phi) is 8.92. The SMILES string of the molecule is Cc1cc(C(=O)N2CCCCNC(=O)c3cc(Cl)ccc3OC[C@H](CC(C)C)NC(=O)C2)no1. The van der Waals surface area contributed by atoms with Crippen LogP contribution in [0.4, 0.5) is 0 Å². The maximum atomic E-state index is 13.0. The molecular formula is C24H31ClN4O5. The maximum absolute atomic E-state index is 13.0. The Bertz CT molecular complexity index is 1020. The zero-order valence-electron chi connectivity index (χ0n) is 19.7. The van der Waals surface area contributed by atoms with E-state index < -0.39 is 0 Å². The third-order valence-electron chi connectivity index (χ3n) is 5.36. The Morgan fingerprint density at radius 2 is 2.06 bits per heavy atom. The molecule has 0 aliphatic carbocycles. The predicted octanol–water partition coefficient (Wildman–Crippen LogP) is 3.21. The summed E-state index contributed by atoms with van der Waals surface area (Å²) in [6.45, 7) is 6.59. The van der Waals surface area contributed by atoms with Crippen LogP contribution in [0.15, 0.2) is 28.8 Å². The molecule has 1 atom stereocenters. The smallest absolute Gasteiger partial charge is 0.276 e. The van der Waals surface area contributed by atoms with E-state index in [0.717, 1.165) is 0 Å². The first kappa shape index (κ1) is 25.6. The molecule has 1 aliphatic rings. The number of hydrogen-bond donors (Lipinski definition) is 2. The van der Waals surface area contributed by atoms with E-state index in [1.165, 1.54) is 4.90 Å². The van der Waals surface area contributed by atoms with Crippen molar-refractivity contribution in [1.82, 2.24) is 20.7 Å². The Labute approximate surface area is 204 Å². The van der Waals surface area contributed by atoms with Crippen LogP contribution in [0.3, 0.4) is 0 Å². The molecule has 2 aromatic rings. The van der Waals surface area contributed by atoms with Gasteiger partial charge in [-0.05, 0) is 50.3 Å². The number of halogens is 1. The summed E-state index contributed by atoms with van der Waals surface area (Å²) >= 11 is 6.11. The van der Waals surface area contributed by atoms with Gasteiger partial charge in [0.2, 0.25) is 5.91 Å². The molecule has 3 rings (SSSR count). The molecule has 3 amide bonds. The number of ether oxygens (including phenoxy) is 1. The van der Waals surface area contributed by atoms with Gasteiger partial charge in [-0.2, -0.15) is 0 Å². The van der Waals surface area contributed by atoms with Crippen LogP contribution in [-0.4, -0.2) is 60.1 Å². The summed E-state index contributed by atoms with van der Waals surface area (Å²) in [7, 11) is 0.